The average molecular weight is 161 g/mol. The van der Waals surface area contributed by atoms with Gasteiger partial charge < -0.3 is 4.90 Å². The first kappa shape index (κ1) is 8.53. The van der Waals surface area contributed by atoms with Gasteiger partial charge in [0.05, 0.1) is 0 Å². The van der Waals surface area contributed by atoms with Gasteiger partial charge in [0.25, 0.3) is 5.91 Å². The summed E-state index contributed by atoms with van der Waals surface area (Å²) in [7, 11) is 0. The minimum absolute atomic E-state index is 0.0406. The lowest BCUT2D eigenvalue weighted by molar-refractivity contribution is -0.123. The molecule has 0 atom stereocenters. The highest BCUT2D eigenvalue weighted by Crippen LogP contribution is 1.96. The molecule has 1 aliphatic rings. The van der Waals surface area contributed by atoms with E-state index in [1.807, 2.05) is 24.3 Å². The number of hydrogen-bond acceptors (Lipinski definition) is 1. The van der Waals surface area contributed by atoms with Crippen LogP contribution in [0.3, 0.4) is 0 Å². The number of rotatable bonds is 1. The van der Waals surface area contributed by atoms with Crippen LogP contribution in [-0.4, -0.2) is 17.4 Å². The number of hydrogen-bond donors (Lipinski definition) is 0. The molecule has 12 heavy (non-hydrogen) atoms. The van der Waals surface area contributed by atoms with Crippen LogP contribution in [0.25, 0.3) is 0 Å². The van der Waals surface area contributed by atoms with Crippen LogP contribution in [0.1, 0.15) is 0 Å². The first-order chi connectivity index (χ1) is 5.84. The van der Waals surface area contributed by atoms with E-state index in [0.717, 1.165) is 0 Å². The van der Waals surface area contributed by atoms with Gasteiger partial charge in [-0.2, -0.15) is 0 Å². The predicted molar refractivity (Wildman–Crippen MR) is 49.3 cm³/mol. The summed E-state index contributed by atoms with van der Waals surface area (Å²) in [4.78, 5) is 12.8. The van der Waals surface area contributed by atoms with Gasteiger partial charge in [0.15, 0.2) is 0 Å². The molecule has 0 aromatic rings. The van der Waals surface area contributed by atoms with Crippen molar-refractivity contribution in [1.82, 2.24) is 4.90 Å². The van der Waals surface area contributed by atoms with Gasteiger partial charge in [-0.05, 0) is 0 Å². The van der Waals surface area contributed by atoms with Gasteiger partial charge in [-0.3, -0.25) is 4.79 Å². The molecule has 0 saturated carbocycles. The van der Waals surface area contributed by atoms with Crippen LogP contribution >= 0.6 is 0 Å². The van der Waals surface area contributed by atoms with Crippen molar-refractivity contribution in [2.24, 2.45) is 0 Å². The van der Waals surface area contributed by atoms with E-state index in [1.165, 1.54) is 12.3 Å². The number of nitrogens with zero attached hydrogens (tertiary/aromatic N) is 1. The molecule has 1 rings (SSSR count). The molecule has 0 unspecified atom stereocenters. The lowest BCUT2D eigenvalue weighted by Gasteiger charge is -2.12. The minimum atomic E-state index is -0.0406. The fourth-order valence-corrected chi connectivity index (χ4v) is 0.869. The molecule has 0 aromatic heterocycles. The third kappa shape index (κ3) is 2.23. The number of carbonyl (C=O) groups is 1. The molecule has 1 amide bonds. The Morgan fingerprint density at radius 2 is 2.08 bits per heavy atom. The first-order valence-corrected chi connectivity index (χ1v) is 3.77. The molecule has 0 radical (unpaired) electrons. The first-order valence-electron chi connectivity index (χ1n) is 3.77. The molecule has 0 bridgehead atoms. The minimum Gasteiger partial charge on any atom is -0.312 e. The molecule has 0 aliphatic carbocycles. The van der Waals surface area contributed by atoms with Gasteiger partial charge in [-0.1, -0.05) is 37.0 Å². The maximum Gasteiger partial charge on any atom is 0.250 e. The standard InChI is InChI=1S/C10H11NO/c1-2-11-9-7-5-3-4-6-8-10(11)12/h2-8H,1,9H2. The van der Waals surface area contributed by atoms with Gasteiger partial charge in [-0.15, -0.1) is 0 Å². The van der Waals surface area contributed by atoms with Gasteiger partial charge in [0.2, 0.25) is 0 Å². The molecule has 2 heteroatoms. The second-order valence-electron chi connectivity index (χ2n) is 2.35. The molecule has 0 spiro atoms. The van der Waals surface area contributed by atoms with E-state index >= 15 is 0 Å². The zero-order chi connectivity index (χ0) is 8.81. The van der Waals surface area contributed by atoms with E-state index in [-0.39, 0.29) is 5.91 Å². The van der Waals surface area contributed by atoms with Gasteiger partial charge in [0.1, 0.15) is 0 Å². The van der Waals surface area contributed by atoms with Crippen LogP contribution in [0.4, 0.5) is 0 Å². The van der Waals surface area contributed by atoms with Gasteiger partial charge in [-0.25, -0.2) is 0 Å². The quantitative estimate of drug-likeness (QED) is 0.572. The number of allylic oxidation sites excluding steroid dienone is 4. The molecule has 62 valence electrons. The Morgan fingerprint density at radius 1 is 1.33 bits per heavy atom. The Labute approximate surface area is 72.2 Å². The highest BCUT2D eigenvalue weighted by atomic mass is 16.2. The number of carbonyl (C=O) groups excluding carboxylic acids is 1. The topological polar surface area (TPSA) is 20.3 Å². The van der Waals surface area contributed by atoms with Gasteiger partial charge in [0, 0.05) is 18.8 Å². The molecule has 0 N–H and O–H groups in total. The summed E-state index contributed by atoms with van der Waals surface area (Å²) < 4.78 is 0. The van der Waals surface area contributed by atoms with Crippen LogP contribution in [-0.2, 0) is 4.79 Å². The Hall–Kier alpha value is -1.57. The molecule has 0 aromatic carbocycles. The second-order valence-corrected chi connectivity index (χ2v) is 2.35. The molecule has 1 heterocycles. The smallest absolute Gasteiger partial charge is 0.250 e. The van der Waals surface area contributed by atoms with Crippen molar-refractivity contribution in [2.75, 3.05) is 6.54 Å². The summed E-state index contributed by atoms with van der Waals surface area (Å²) in [5, 5.41) is 0. The van der Waals surface area contributed by atoms with Crippen LogP contribution in [0.15, 0.2) is 49.2 Å². The summed E-state index contributed by atoms with van der Waals surface area (Å²) >= 11 is 0. The third-order valence-corrected chi connectivity index (χ3v) is 1.51. The Kier molecular flexibility index (Phi) is 3.08. The van der Waals surface area contributed by atoms with Crippen LogP contribution in [0.2, 0.25) is 0 Å². The molecule has 0 fully saturated rings. The third-order valence-electron chi connectivity index (χ3n) is 1.51. The maximum atomic E-state index is 11.3. The largest absolute Gasteiger partial charge is 0.312 e. The van der Waals surface area contributed by atoms with E-state index in [2.05, 4.69) is 6.58 Å². The van der Waals surface area contributed by atoms with Crippen molar-refractivity contribution in [3.05, 3.63) is 49.2 Å². The SMILES string of the molecule is C=CN1CC=CC=CC=CC1=O. The van der Waals surface area contributed by atoms with Crippen molar-refractivity contribution in [3.63, 3.8) is 0 Å². The van der Waals surface area contributed by atoms with Crippen molar-refractivity contribution in [2.45, 2.75) is 0 Å². The summed E-state index contributed by atoms with van der Waals surface area (Å²) in [6, 6.07) is 0. The summed E-state index contributed by atoms with van der Waals surface area (Å²) in [6.07, 6.45) is 12.3. The summed E-state index contributed by atoms with van der Waals surface area (Å²) in [5.41, 5.74) is 0. The Balaban J connectivity index is 2.79. The Morgan fingerprint density at radius 3 is 2.83 bits per heavy atom. The predicted octanol–water partition coefficient (Wildman–Crippen LogP) is 1.64. The maximum absolute atomic E-state index is 11.3. The molecular formula is C10H11NO. The summed E-state index contributed by atoms with van der Waals surface area (Å²) in [6.45, 7) is 4.13. The lowest BCUT2D eigenvalue weighted by atomic mass is 10.4. The zero-order valence-corrected chi connectivity index (χ0v) is 6.81. The molecular weight excluding hydrogens is 150 g/mol. The van der Waals surface area contributed by atoms with Crippen LogP contribution in [0, 0.1) is 0 Å². The van der Waals surface area contributed by atoms with Crippen molar-refractivity contribution >= 4 is 5.91 Å². The van der Waals surface area contributed by atoms with Crippen molar-refractivity contribution in [3.8, 4) is 0 Å². The fourth-order valence-electron chi connectivity index (χ4n) is 0.869. The zero-order valence-electron chi connectivity index (χ0n) is 6.81. The van der Waals surface area contributed by atoms with Crippen LogP contribution in [0.5, 0.6) is 0 Å². The highest BCUT2D eigenvalue weighted by molar-refractivity contribution is 5.88. The molecule has 0 saturated heterocycles. The van der Waals surface area contributed by atoms with E-state index in [4.69, 9.17) is 0 Å². The fraction of sp³-hybridized carbons (Fsp3) is 0.100. The lowest BCUT2D eigenvalue weighted by Crippen LogP contribution is -2.23. The van der Waals surface area contributed by atoms with E-state index in [1.54, 1.807) is 11.0 Å². The van der Waals surface area contributed by atoms with E-state index < -0.39 is 0 Å². The average Bonchev–Trinajstić information content (AvgIpc) is 2.17. The Bertz CT molecular complexity index is 261. The van der Waals surface area contributed by atoms with E-state index in [0.29, 0.717) is 6.54 Å². The van der Waals surface area contributed by atoms with E-state index in [9.17, 15) is 4.79 Å². The number of amides is 1. The van der Waals surface area contributed by atoms with Crippen molar-refractivity contribution < 1.29 is 4.79 Å². The second kappa shape index (κ2) is 4.34. The summed E-state index contributed by atoms with van der Waals surface area (Å²) in [5.74, 6) is -0.0406. The molecule has 2 nitrogen and oxygen atoms in total. The van der Waals surface area contributed by atoms with Crippen LogP contribution < -0.4 is 0 Å². The van der Waals surface area contributed by atoms with Gasteiger partial charge >= 0.3 is 0 Å². The van der Waals surface area contributed by atoms with Crippen molar-refractivity contribution in [1.29, 1.82) is 0 Å². The normalized spacial score (nSPS) is 17.0. The molecule has 1 aliphatic heterocycles. The monoisotopic (exact) mass is 161 g/mol. The highest BCUT2D eigenvalue weighted by Gasteiger charge is 2.03.